The maximum atomic E-state index is 12.7. The van der Waals surface area contributed by atoms with Gasteiger partial charge in [-0.05, 0) is 56.4 Å². The Kier molecular flexibility index (Phi) is 6.45. The topological polar surface area (TPSA) is 107 Å². The average Bonchev–Trinajstić information content (AvgIpc) is 3.43. The summed E-state index contributed by atoms with van der Waals surface area (Å²) in [5, 5.41) is 14.1. The highest BCUT2D eigenvalue weighted by molar-refractivity contribution is 7.71. The Morgan fingerprint density at radius 2 is 1.82 bits per heavy atom. The zero-order valence-corrected chi connectivity index (χ0v) is 18.9. The van der Waals surface area contributed by atoms with Gasteiger partial charge in [-0.2, -0.15) is 10.2 Å². The first-order valence-corrected chi connectivity index (χ1v) is 10.7. The highest BCUT2D eigenvalue weighted by Gasteiger charge is 2.13. The molecule has 0 aliphatic carbocycles. The van der Waals surface area contributed by atoms with Gasteiger partial charge >= 0.3 is 5.97 Å². The lowest BCUT2D eigenvalue weighted by atomic mass is 10.1. The Labute approximate surface area is 195 Å². The summed E-state index contributed by atoms with van der Waals surface area (Å²) < 4.78 is 8.55. The number of rotatable bonds is 7. The van der Waals surface area contributed by atoms with E-state index in [0.717, 1.165) is 16.8 Å². The highest BCUT2D eigenvalue weighted by atomic mass is 32.1. The molecule has 0 aliphatic heterocycles. The van der Waals surface area contributed by atoms with Crippen molar-refractivity contribution in [1.29, 1.82) is 0 Å². The molecule has 9 nitrogen and oxygen atoms in total. The molecular weight excluding hydrogens is 440 g/mol. The number of hydrogen-bond donors (Lipinski definition) is 2. The Hall–Kier alpha value is -4.05. The van der Waals surface area contributed by atoms with Crippen LogP contribution in [0.3, 0.4) is 0 Å². The number of nitrogens with zero attached hydrogens (tertiary/aromatic N) is 4. The molecule has 0 unspecified atom stereocenters. The Morgan fingerprint density at radius 3 is 2.52 bits per heavy atom. The minimum absolute atomic E-state index is 0.0162. The van der Waals surface area contributed by atoms with Crippen LogP contribution in [0.1, 0.15) is 23.0 Å². The van der Waals surface area contributed by atoms with Gasteiger partial charge in [-0.1, -0.05) is 29.8 Å². The first kappa shape index (κ1) is 22.2. The number of amides is 1. The number of benzene rings is 2. The molecule has 4 aromatic rings. The molecule has 2 aromatic carbocycles. The van der Waals surface area contributed by atoms with Crippen molar-refractivity contribution in [1.82, 2.24) is 24.5 Å². The second-order valence-electron chi connectivity index (χ2n) is 7.27. The predicted molar refractivity (Wildman–Crippen MR) is 126 cm³/mol. The van der Waals surface area contributed by atoms with Crippen LogP contribution in [0.4, 0.5) is 5.69 Å². The van der Waals surface area contributed by atoms with Crippen molar-refractivity contribution in [2.75, 3.05) is 11.9 Å². The van der Waals surface area contributed by atoms with Gasteiger partial charge in [0.15, 0.2) is 16.3 Å². The Balaban J connectivity index is 1.44. The molecule has 1 amide bonds. The molecule has 4 rings (SSSR count). The minimum Gasteiger partial charge on any atom is -0.461 e. The molecule has 0 spiro atoms. The van der Waals surface area contributed by atoms with Gasteiger partial charge in [0.2, 0.25) is 5.91 Å². The third-order valence-corrected chi connectivity index (χ3v) is 5.17. The number of anilines is 1. The maximum absolute atomic E-state index is 12.7. The predicted octanol–water partition coefficient (Wildman–Crippen LogP) is 3.92. The zero-order valence-electron chi connectivity index (χ0n) is 18.1. The number of aromatic amines is 1. The van der Waals surface area contributed by atoms with E-state index in [4.69, 9.17) is 17.0 Å². The monoisotopic (exact) mass is 462 g/mol. The largest absolute Gasteiger partial charge is 0.461 e. The fourth-order valence-electron chi connectivity index (χ4n) is 3.21. The third-order valence-electron chi connectivity index (χ3n) is 4.86. The van der Waals surface area contributed by atoms with Crippen LogP contribution in [0.25, 0.3) is 17.1 Å². The summed E-state index contributed by atoms with van der Waals surface area (Å²) in [6, 6.07) is 16.5. The molecule has 2 N–H and O–H groups in total. The number of nitrogens with one attached hydrogen (secondary N) is 2. The maximum Gasteiger partial charge on any atom is 0.358 e. The summed E-state index contributed by atoms with van der Waals surface area (Å²) in [4.78, 5) is 24.5. The van der Waals surface area contributed by atoms with Gasteiger partial charge in [-0.3, -0.25) is 14.5 Å². The van der Waals surface area contributed by atoms with E-state index < -0.39 is 5.97 Å². The number of H-pyrrole nitrogens is 1. The van der Waals surface area contributed by atoms with E-state index in [1.807, 2.05) is 31.2 Å². The average molecular weight is 463 g/mol. The van der Waals surface area contributed by atoms with Crippen molar-refractivity contribution in [3.63, 3.8) is 0 Å². The van der Waals surface area contributed by atoms with Crippen molar-refractivity contribution in [2.45, 2.75) is 20.4 Å². The summed E-state index contributed by atoms with van der Waals surface area (Å²) in [5.74, 6) is -0.109. The SMILES string of the molecule is CCOC(=O)c1ccn(-c2ccc(NC(=O)Cn3c(-c4ccc(C)cc4)n[nH]c3=S)cc2)n1. The van der Waals surface area contributed by atoms with Crippen LogP contribution in [-0.2, 0) is 16.1 Å². The molecular formula is C23H22N6O3S. The molecule has 0 aliphatic rings. The van der Waals surface area contributed by atoms with Crippen LogP contribution in [0, 0.1) is 11.7 Å². The fraction of sp³-hybridized carbons (Fsp3) is 0.174. The van der Waals surface area contributed by atoms with Gasteiger partial charge in [-0.15, -0.1) is 0 Å². The molecule has 10 heteroatoms. The van der Waals surface area contributed by atoms with Gasteiger partial charge in [0.1, 0.15) is 6.54 Å². The zero-order chi connectivity index (χ0) is 23.4. The van der Waals surface area contributed by atoms with Crippen LogP contribution in [-0.4, -0.2) is 43.0 Å². The molecule has 0 saturated heterocycles. The van der Waals surface area contributed by atoms with E-state index in [9.17, 15) is 9.59 Å². The number of ether oxygens (including phenoxy) is 1. The smallest absolute Gasteiger partial charge is 0.358 e. The second kappa shape index (κ2) is 9.61. The Morgan fingerprint density at radius 1 is 1.09 bits per heavy atom. The number of carbonyl (C=O) groups is 2. The minimum atomic E-state index is -0.469. The standard InChI is InChI=1S/C23H22N6O3S/c1-3-32-22(31)19-12-13-29(27-19)18-10-8-17(9-11-18)24-20(30)14-28-21(25-26-23(28)33)16-6-4-15(2)5-7-16/h4-13H,3,14H2,1-2H3,(H,24,30)(H,26,33). The molecule has 0 radical (unpaired) electrons. The summed E-state index contributed by atoms with van der Waals surface area (Å²) >= 11 is 5.31. The molecule has 0 bridgehead atoms. The van der Waals surface area contributed by atoms with Gasteiger partial charge < -0.3 is 10.1 Å². The van der Waals surface area contributed by atoms with Gasteiger partial charge in [0.25, 0.3) is 0 Å². The number of carbonyl (C=O) groups excluding carboxylic acids is 2. The summed E-state index contributed by atoms with van der Waals surface area (Å²) in [6.45, 7) is 4.05. The van der Waals surface area contributed by atoms with Crippen molar-refractivity contribution < 1.29 is 14.3 Å². The molecule has 0 saturated carbocycles. The molecule has 33 heavy (non-hydrogen) atoms. The fourth-order valence-corrected chi connectivity index (χ4v) is 3.41. The quantitative estimate of drug-likeness (QED) is 0.319. The van der Waals surface area contributed by atoms with Crippen molar-refractivity contribution in [2.24, 2.45) is 0 Å². The summed E-state index contributed by atoms with van der Waals surface area (Å²) in [5.41, 5.74) is 3.59. The second-order valence-corrected chi connectivity index (χ2v) is 7.65. The lowest BCUT2D eigenvalue weighted by molar-refractivity contribution is -0.116. The first-order chi connectivity index (χ1) is 15.9. The van der Waals surface area contributed by atoms with Crippen LogP contribution < -0.4 is 5.32 Å². The van der Waals surface area contributed by atoms with Crippen molar-refractivity contribution in [3.8, 4) is 17.1 Å². The highest BCUT2D eigenvalue weighted by Crippen LogP contribution is 2.19. The number of esters is 1. The first-order valence-electron chi connectivity index (χ1n) is 10.3. The molecule has 2 heterocycles. The summed E-state index contributed by atoms with van der Waals surface area (Å²) in [6.07, 6.45) is 1.67. The van der Waals surface area contributed by atoms with Crippen LogP contribution >= 0.6 is 12.2 Å². The molecule has 0 atom stereocenters. The van der Waals surface area contributed by atoms with E-state index in [2.05, 4.69) is 20.6 Å². The normalized spacial score (nSPS) is 10.7. The van der Waals surface area contributed by atoms with Gasteiger partial charge in [-0.25, -0.2) is 9.48 Å². The van der Waals surface area contributed by atoms with Crippen LogP contribution in [0.5, 0.6) is 0 Å². The van der Waals surface area contributed by atoms with Crippen molar-refractivity contribution >= 4 is 29.8 Å². The molecule has 168 valence electrons. The molecule has 0 fully saturated rings. The number of hydrogen-bond acceptors (Lipinski definition) is 6. The van der Waals surface area contributed by atoms with E-state index in [-0.39, 0.29) is 24.8 Å². The lowest BCUT2D eigenvalue weighted by Gasteiger charge is -2.09. The van der Waals surface area contributed by atoms with Crippen molar-refractivity contribution in [3.05, 3.63) is 76.8 Å². The van der Waals surface area contributed by atoms with Gasteiger partial charge in [0.05, 0.1) is 12.3 Å². The van der Waals surface area contributed by atoms with Crippen LogP contribution in [0.15, 0.2) is 60.8 Å². The lowest BCUT2D eigenvalue weighted by Crippen LogP contribution is -2.19. The van der Waals surface area contributed by atoms with E-state index in [1.165, 1.54) is 0 Å². The van der Waals surface area contributed by atoms with Crippen LogP contribution in [0.2, 0.25) is 0 Å². The van der Waals surface area contributed by atoms with E-state index in [1.54, 1.807) is 52.7 Å². The van der Waals surface area contributed by atoms with Gasteiger partial charge in [0, 0.05) is 17.4 Å². The summed E-state index contributed by atoms with van der Waals surface area (Å²) in [7, 11) is 0. The molecule has 2 aromatic heterocycles. The van der Waals surface area contributed by atoms with E-state index in [0.29, 0.717) is 16.3 Å². The number of aromatic nitrogens is 5. The third kappa shape index (κ3) is 5.07. The number of aryl methyl sites for hydroxylation is 1. The Bertz CT molecular complexity index is 1340. The van der Waals surface area contributed by atoms with E-state index >= 15 is 0 Å².